The van der Waals surface area contributed by atoms with Crippen LogP contribution in [0.5, 0.6) is 0 Å². The average molecular weight is 441 g/mol. The quantitative estimate of drug-likeness (QED) is 0.629. The Hall–Kier alpha value is -2.97. The van der Waals surface area contributed by atoms with Gasteiger partial charge in [-0.05, 0) is 49.2 Å². The molecule has 2 aromatic rings. The predicted molar refractivity (Wildman–Crippen MR) is 125 cm³/mol. The summed E-state index contributed by atoms with van der Waals surface area (Å²) in [6, 6.07) is 14.2. The normalized spacial score (nSPS) is 15.6. The van der Waals surface area contributed by atoms with Crippen LogP contribution >= 0.6 is 0 Å². The smallest absolute Gasteiger partial charge is 0.282 e. The number of nitrogens with zero attached hydrogens (tertiary/aromatic N) is 3. The van der Waals surface area contributed by atoms with E-state index < -0.39 is 10.0 Å². The van der Waals surface area contributed by atoms with Gasteiger partial charge in [0.15, 0.2) is 0 Å². The molecule has 0 saturated carbocycles. The van der Waals surface area contributed by atoms with E-state index in [4.69, 9.17) is 0 Å². The van der Waals surface area contributed by atoms with Crippen molar-refractivity contribution in [2.24, 2.45) is 5.10 Å². The summed E-state index contributed by atoms with van der Waals surface area (Å²) in [6.45, 7) is 8.25. The average Bonchev–Trinajstić information content (AvgIpc) is 3.06. The highest BCUT2D eigenvalue weighted by molar-refractivity contribution is 7.89. The van der Waals surface area contributed by atoms with Crippen LogP contribution in [-0.4, -0.2) is 37.4 Å². The van der Waals surface area contributed by atoms with E-state index >= 15 is 0 Å². The number of hydrazone groups is 1. The number of nitrogens with one attached hydrogen (secondary N) is 1. The van der Waals surface area contributed by atoms with Crippen LogP contribution in [-0.2, 0) is 21.2 Å². The van der Waals surface area contributed by atoms with Crippen molar-refractivity contribution in [2.45, 2.75) is 39.0 Å². The van der Waals surface area contributed by atoms with Crippen molar-refractivity contribution in [3.05, 3.63) is 65.9 Å². The van der Waals surface area contributed by atoms with Crippen molar-refractivity contribution in [3.63, 3.8) is 0 Å². The summed E-state index contributed by atoms with van der Waals surface area (Å²) in [5.74, 6) is -0.265. The Labute approximate surface area is 184 Å². The molecule has 8 heteroatoms. The van der Waals surface area contributed by atoms with Crippen LogP contribution in [0.25, 0.3) is 0 Å². The van der Waals surface area contributed by atoms with Crippen LogP contribution in [0.2, 0.25) is 0 Å². The number of para-hydroxylation sites is 1. The Morgan fingerprint density at radius 1 is 1.03 bits per heavy atom. The second-order valence-corrected chi connectivity index (χ2v) is 9.04. The summed E-state index contributed by atoms with van der Waals surface area (Å²) >= 11 is 0. The van der Waals surface area contributed by atoms with Crippen LogP contribution < -0.4 is 10.3 Å². The molecule has 3 rings (SSSR count). The first-order valence-electron chi connectivity index (χ1n) is 10.4. The minimum Gasteiger partial charge on any atom is -0.361 e. The van der Waals surface area contributed by atoms with E-state index in [1.54, 1.807) is 39.1 Å². The molecule has 0 radical (unpaired) electrons. The number of sulfonamides is 1. The Kier molecular flexibility index (Phi) is 6.92. The molecular formula is C23H28N4O3S. The van der Waals surface area contributed by atoms with Crippen LogP contribution in [0.3, 0.4) is 0 Å². The number of carbonyl (C=O) groups is 1. The van der Waals surface area contributed by atoms with Gasteiger partial charge in [0.25, 0.3) is 5.91 Å². The van der Waals surface area contributed by atoms with Gasteiger partial charge in [-0.25, -0.2) is 8.42 Å². The second-order valence-electron chi connectivity index (χ2n) is 7.10. The zero-order valence-corrected chi connectivity index (χ0v) is 19.1. The molecule has 0 fully saturated rings. The zero-order valence-electron chi connectivity index (χ0n) is 18.3. The van der Waals surface area contributed by atoms with E-state index in [0.717, 1.165) is 17.7 Å². The van der Waals surface area contributed by atoms with Gasteiger partial charge in [-0.1, -0.05) is 39.0 Å². The number of hydrogen-bond donors (Lipinski definition) is 1. The summed E-state index contributed by atoms with van der Waals surface area (Å²) in [5.41, 5.74) is 3.67. The molecule has 2 aromatic carbocycles. The van der Waals surface area contributed by atoms with Crippen molar-refractivity contribution in [2.75, 3.05) is 23.4 Å². The Morgan fingerprint density at radius 2 is 1.68 bits per heavy atom. The highest BCUT2D eigenvalue weighted by Crippen LogP contribution is 2.26. The largest absolute Gasteiger partial charge is 0.361 e. The van der Waals surface area contributed by atoms with Gasteiger partial charge in [-0.2, -0.15) is 14.4 Å². The fourth-order valence-corrected chi connectivity index (χ4v) is 4.91. The molecular weight excluding hydrogens is 412 g/mol. The molecule has 1 N–H and O–H groups in total. The highest BCUT2D eigenvalue weighted by Gasteiger charge is 2.29. The number of amides is 1. The van der Waals surface area contributed by atoms with Crippen LogP contribution in [0.1, 0.15) is 33.3 Å². The highest BCUT2D eigenvalue weighted by atomic mass is 32.2. The van der Waals surface area contributed by atoms with Crippen molar-refractivity contribution >= 4 is 33.0 Å². The third-order valence-electron chi connectivity index (χ3n) is 5.26. The molecule has 0 saturated heterocycles. The Bertz CT molecular complexity index is 1120. The molecule has 31 heavy (non-hydrogen) atoms. The van der Waals surface area contributed by atoms with E-state index in [2.05, 4.69) is 17.3 Å². The van der Waals surface area contributed by atoms with Crippen LogP contribution in [0.15, 0.2) is 70.3 Å². The third kappa shape index (κ3) is 4.55. The first-order chi connectivity index (χ1) is 14.8. The maximum absolute atomic E-state index is 13.0. The molecule has 0 spiro atoms. The molecule has 1 aliphatic rings. The molecule has 0 aliphatic carbocycles. The Balaban J connectivity index is 1.82. The fourth-order valence-electron chi connectivity index (χ4n) is 3.45. The van der Waals surface area contributed by atoms with Gasteiger partial charge in [-0.15, -0.1) is 0 Å². The SMILES string of the molecule is CCc1ccccc1N/C=C1/C(=O)N(c2ccc(S(=O)(=O)N(CC)CC)cc2)N=C1C. The molecule has 1 amide bonds. The lowest BCUT2D eigenvalue weighted by molar-refractivity contribution is -0.114. The van der Waals surface area contributed by atoms with Crippen molar-refractivity contribution in [1.82, 2.24) is 4.31 Å². The Morgan fingerprint density at radius 3 is 2.29 bits per heavy atom. The van der Waals surface area contributed by atoms with Gasteiger partial charge in [0.1, 0.15) is 0 Å². The molecule has 1 aliphatic heterocycles. The third-order valence-corrected chi connectivity index (χ3v) is 7.32. The first-order valence-corrected chi connectivity index (χ1v) is 11.8. The molecule has 0 atom stereocenters. The minimum absolute atomic E-state index is 0.195. The van der Waals surface area contributed by atoms with E-state index in [1.165, 1.54) is 21.4 Å². The molecule has 0 bridgehead atoms. The molecule has 0 aromatic heterocycles. The number of benzene rings is 2. The number of carbonyl (C=O) groups excluding carboxylic acids is 1. The van der Waals surface area contributed by atoms with E-state index in [0.29, 0.717) is 30.1 Å². The summed E-state index contributed by atoms with van der Waals surface area (Å²) in [5, 5.41) is 8.88. The maximum atomic E-state index is 13.0. The molecule has 1 heterocycles. The topological polar surface area (TPSA) is 82.1 Å². The van der Waals surface area contributed by atoms with Crippen LogP contribution in [0.4, 0.5) is 11.4 Å². The minimum atomic E-state index is -3.55. The van der Waals surface area contributed by atoms with Crippen molar-refractivity contribution in [3.8, 4) is 0 Å². The number of hydrogen-bond acceptors (Lipinski definition) is 5. The van der Waals surface area contributed by atoms with E-state index in [1.807, 2.05) is 24.3 Å². The molecule has 164 valence electrons. The lowest BCUT2D eigenvalue weighted by Crippen LogP contribution is -2.30. The lowest BCUT2D eigenvalue weighted by Gasteiger charge is -2.19. The lowest BCUT2D eigenvalue weighted by atomic mass is 10.1. The zero-order chi connectivity index (χ0) is 22.6. The van der Waals surface area contributed by atoms with E-state index in [-0.39, 0.29) is 10.8 Å². The van der Waals surface area contributed by atoms with Gasteiger partial charge in [-0.3, -0.25) is 4.79 Å². The molecule has 0 unspecified atom stereocenters. The number of aryl methyl sites for hydroxylation is 1. The first kappa shape index (κ1) is 22.7. The van der Waals surface area contributed by atoms with Crippen LogP contribution in [0, 0.1) is 0 Å². The maximum Gasteiger partial charge on any atom is 0.282 e. The van der Waals surface area contributed by atoms with Crippen molar-refractivity contribution < 1.29 is 13.2 Å². The van der Waals surface area contributed by atoms with Crippen molar-refractivity contribution in [1.29, 1.82) is 0 Å². The second kappa shape index (κ2) is 9.45. The summed E-state index contributed by atoms with van der Waals surface area (Å²) in [7, 11) is -3.55. The molecule has 7 nitrogen and oxygen atoms in total. The summed E-state index contributed by atoms with van der Waals surface area (Å²) in [6.07, 6.45) is 2.55. The van der Waals surface area contributed by atoms with Gasteiger partial charge in [0.05, 0.1) is 21.9 Å². The fraction of sp³-hybridized carbons (Fsp3) is 0.304. The standard InChI is InChI=1S/C23H28N4O3S/c1-5-18-10-8-9-11-22(18)24-16-21-17(4)25-27(23(21)28)19-12-14-20(15-13-19)31(29,30)26(6-2)7-3/h8-16,24H,5-7H2,1-4H3/b21-16+. The number of anilines is 2. The number of rotatable bonds is 8. The van der Waals surface area contributed by atoms with Gasteiger partial charge in [0.2, 0.25) is 10.0 Å². The van der Waals surface area contributed by atoms with Gasteiger partial charge < -0.3 is 5.32 Å². The van der Waals surface area contributed by atoms with E-state index in [9.17, 15) is 13.2 Å². The van der Waals surface area contributed by atoms with Gasteiger partial charge >= 0.3 is 0 Å². The van der Waals surface area contributed by atoms with Gasteiger partial charge in [0, 0.05) is 25.0 Å². The summed E-state index contributed by atoms with van der Waals surface area (Å²) < 4.78 is 26.7. The predicted octanol–water partition coefficient (Wildman–Crippen LogP) is 4.00. The summed E-state index contributed by atoms with van der Waals surface area (Å²) in [4.78, 5) is 13.1. The monoisotopic (exact) mass is 440 g/mol.